The zero-order valence-corrected chi connectivity index (χ0v) is 12.8. The Morgan fingerprint density at radius 2 is 1.86 bits per heavy atom. The summed E-state index contributed by atoms with van der Waals surface area (Å²) in [6.45, 7) is 4.54. The molecule has 0 bridgehead atoms. The molecule has 0 saturated carbocycles. The Morgan fingerprint density at radius 3 is 2.45 bits per heavy atom. The van der Waals surface area contributed by atoms with Crippen LogP contribution in [0.15, 0.2) is 36.5 Å². The van der Waals surface area contributed by atoms with Crippen LogP contribution in [0.1, 0.15) is 29.4 Å². The van der Waals surface area contributed by atoms with Crippen LogP contribution in [-0.4, -0.2) is 34.7 Å². The minimum Gasteiger partial charge on any atom is -0.355 e. The topological polar surface area (TPSA) is 76.0 Å². The summed E-state index contributed by atoms with van der Waals surface area (Å²) in [6.07, 6.45) is 2.60. The molecule has 0 spiro atoms. The van der Waals surface area contributed by atoms with Crippen LogP contribution in [0.4, 0.5) is 0 Å². The number of rotatable bonds is 6. The van der Waals surface area contributed by atoms with Gasteiger partial charge in [0, 0.05) is 24.0 Å². The van der Waals surface area contributed by atoms with Crippen molar-refractivity contribution >= 4 is 11.8 Å². The molecule has 1 aromatic heterocycles. The first-order chi connectivity index (χ1) is 10.6. The maximum Gasteiger partial charge on any atom is 0.251 e. The molecule has 1 aromatic carbocycles. The van der Waals surface area contributed by atoms with Crippen molar-refractivity contribution in [2.75, 3.05) is 13.1 Å². The highest BCUT2D eigenvalue weighted by Crippen LogP contribution is 2.11. The van der Waals surface area contributed by atoms with Gasteiger partial charge >= 0.3 is 0 Å². The Balaban J connectivity index is 1.94. The van der Waals surface area contributed by atoms with E-state index in [1.54, 1.807) is 23.0 Å². The van der Waals surface area contributed by atoms with Crippen molar-refractivity contribution in [3.8, 4) is 5.69 Å². The van der Waals surface area contributed by atoms with Gasteiger partial charge in [-0.2, -0.15) is 5.10 Å². The highest BCUT2D eigenvalue weighted by Gasteiger charge is 2.08. The predicted molar refractivity (Wildman–Crippen MR) is 83.9 cm³/mol. The molecule has 2 amide bonds. The van der Waals surface area contributed by atoms with E-state index < -0.39 is 0 Å². The Hall–Kier alpha value is -2.63. The predicted octanol–water partition coefficient (Wildman–Crippen LogP) is 1.44. The van der Waals surface area contributed by atoms with Crippen molar-refractivity contribution in [3.63, 3.8) is 0 Å². The fourth-order valence-corrected chi connectivity index (χ4v) is 1.98. The summed E-state index contributed by atoms with van der Waals surface area (Å²) in [6, 6.07) is 9.00. The highest BCUT2D eigenvalue weighted by molar-refractivity contribution is 5.96. The van der Waals surface area contributed by atoms with Gasteiger partial charge in [-0.3, -0.25) is 9.59 Å². The number of hydrogen-bond donors (Lipinski definition) is 2. The van der Waals surface area contributed by atoms with Gasteiger partial charge in [0.15, 0.2) is 0 Å². The van der Waals surface area contributed by atoms with Crippen LogP contribution in [0.5, 0.6) is 0 Å². The second-order valence-electron chi connectivity index (χ2n) is 4.96. The lowest BCUT2D eigenvalue weighted by atomic mass is 10.2. The molecule has 1 heterocycles. The molecule has 2 rings (SSSR count). The second kappa shape index (κ2) is 7.40. The molecule has 22 heavy (non-hydrogen) atoms. The first-order valence-corrected chi connectivity index (χ1v) is 7.27. The second-order valence-corrected chi connectivity index (χ2v) is 4.96. The molecule has 0 aliphatic carbocycles. The first kappa shape index (κ1) is 15.8. The fourth-order valence-electron chi connectivity index (χ4n) is 1.98. The molecule has 0 unspecified atom stereocenters. The Kier molecular flexibility index (Phi) is 5.30. The molecule has 0 atom stereocenters. The number of aryl methyl sites for hydroxylation is 1. The van der Waals surface area contributed by atoms with Crippen molar-refractivity contribution in [2.24, 2.45) is 0 Å². The van der Waals surface area contributed by atoms with E-state index in [1.165, 1.54) is 0 Å². The SMILES string of the molecule is CCCNC(=O)CNC(=O)c1ccc(-n2nccc2C)cc1. The molecule has 6 nitrogen and oxygen atoms in total. The molecule has 2 aromatic rings. The molecular weight excluding hydrogens is 280 g/mol. The molecule has 0 radical (unpaired) electrons. The minimum absolute atomic E-state index is 0.0150. The lowest BCUT2D eigenvalue weighted by Crippen LogP contribution is -2.37. The Bertz CT molecular complexity index is 646. The van der Waals surface area contributed by atoms with E-state index in [0.29, 0.717) is 12.1 Å². The number of nitrogens with one attached hydrogen (secondary N) is 2. The average molecular weight is 300 g/mol. The van der Waals surface area contributed by atoms with Crippen molar-refractivity contribution < 1.29 is 9.59 Å². The van der Waals surface area contributed by atoms with Gasteiger partial charge in [-0.25, -0.2) is 4.68 Å². The van der Waals surface area contributed by atoms with Gasteiger partial charge in [0.25, 0.3) is 5.91 Å². The van der Waals surface area contributed by atoms with Crippen LogP contribution >= 0.6 is 0 Å². The van der Waals surface area contributed by atoms with Crippen molar-refractivity contribution in [2.45, 2.75) is 20.3 Å². The van der Waals surface area contributed by atoms with Crippen LogP contribution in [-0.2, 0) is 4.79 Å². The zero-order chi connectivity index (χ0) is 15.9. The molecule has 0 aliphatic heterocycles. The summed E-state index contributed by atoms with van der Waals surface area (Å²) >= 11 is 0. The Morgan fingerprint density at radius 1 is 1.14 bits per heavy atom. The quantitative estimate of drug-likeness (QED) is 0.847. The maximum absolute atomic E-state index is 12.0. The summed E-state index contributed by atoms with van der Waals surface area (Å²) in [4.78, 5) is 23.4. The lowest BCUT2D eigenvalue weighted by Gasteiger charge is -2.08. The molecule has 2 N–H and O–H groups in total. The maximum atomic E-state index is 12.0. The monoisotopic (exact) mass is 300 g/mol. The summed E-state index contributed by atoms with van der Waals surface area (Å²) < 4.78 is 1.79. The normalized spacial score (nSPS) is 10.3. The van der Waals surface area contributed by atoms with Gasteiger partial charge in [0.1, 0.15) is 0 Å². The van der Waals surface area contributed by atoms with Crippen LogP contribution in [0.25, 0.3) is 5.69 Å². The van der Waals surface area contributed by atoms with Crippen LogP contribution in [0.3, 0.4) is 0 Å². The van der Waals surface area contributed by atoms with E-state index in [1.807, 2.05) is 32.0 Å². The van der Waals surface area contributed by atoms with Gasteiger partial charge in [0.2, 0.25) is 5.91 Å². The van der Waals surface area contributed by atoms with Crippen LogP contribution in [0, 0.1) is 6.92 Å². The van der Waals surface area contributed by atoms with Crippen molar-refractivity contribution in [3.05, 3.63) is 47.8 Å². The van der Waals surface area contributed by atoms with Gasteiger partial charge in [0.05, 0.1) is 12.2 Å². The third kappa shape index (κ3) is 3.94. The van der Waals surface area contributed by atoms with E-state index in [0.717, 1.165) is 17.8 Å². The molecule has 0 fully saturated rings. The van der Waals surface area contributed by atoms with E-state index in [4.69, 9.17) is 0 Å². The fraction of sp³-hybridized carbons (Fsp3) is 0.312. The third-order valence-corrected chi connectivity index (χ3v) is 3.19. The summed E-state index contributed by atoms with van der Waals surface area (Å²) in [5, 5.41) is 9.52. The molecule has 0 aliphatic rings. The van der Waals surface area contributed by atoms with Gasteiger partial charge in [-0.05, 0) is 43.7 Å². The number of benzene rings is 1. The summed E-state index contributed by atoms with van der Waals surface area (Å²) in [5.41, 5.74) is 2.42. The third-order valence-electron chi connectivity index (χ3n) is 3.19. The highest BCUT2D eigenvalue weighted by atomic mass is 16.2. The number of carbonyl (C=O) groups is 2. The van der Waals surface area contributed by atoms with Crippen LogP contribution < -0.4 is 10.6 Å². The van der Waals surface area contributed by atoms with Gasteiger partial charge in [-0.1, -0.05) is 6.92 Å². The van der Waals surface area contributed by atoms with Crippen molar-refractivity contribution in [1.29, 1.82) is 0 Å². The minimum atomic E-state index is -0.268. The number of aromatic nitrogens is 2. The molecule has 116 valence electrons. The number of nitrogens with zero attached hydrogens (tertiary/aromatic N) is 2. The van der Waals surface area contributed by atoms with Gasteiger partial charge < -0.3 is 10.6 Å². The van der Waals surface area contributed by atoms with Crippen molar-refractivity contribution in [1.82, 2.24) is 20.4 Å². The largest absolute Gasteiger partial charge is 0.355 e. The van der Waals surface area contributed by atoms with E-state index in [9.17, 15) is 9.59 Å². The molecule has 0 saturated heterocycles. The van der Waals surface area contributed by atoms with E-state index in [-0.39, 0.29) is 18.4 Å². The number of hydrogen-bond acceptors (Lipinski definition) is 3. The lowest BCUT2D eigenvalue weighted by molar-refractivity contribution is -0.120. The number of amides is 2. The standard InChI is InChI=1S/C16H20N4O2/c1-3-9-17-15(21)11-18-16(22)13-4-6-14(7-5-13)20-12(2)8-10-19-20/h4-8,10H,3,9,11H2,1-2H3,(H,17,21)(H,18,22). The summed E-state index contributed by atoms with van der Waals surface area (Å²) in [7, 11) is 0. The van der Waals surface area contributed by atoms with E-state index >= 15 is 0 Å². The van der Waals surface area contributed by atoms with Crippen LogP contribution in [0.2, 0.25) is 0 Å². The average Bonchev–Trinajstić information content (AvgIpc) is 2.96. The van der Waals surface area contributed by atoms with Gasteiger partial charge in [-0.15, -0.1) is 0 Å². The Labute approximate surface area is 129 Å². The zero-order valence-electron chi connectivity index (χ0n) is 12.8. The molecular formula is C16H20N4O2. The number of carbonyl (C=O) groups excluding carboxylic acids is 2. The smallest absolute Gasteiger partial charge is 0.251 e. The van der Waals surface area contributed by atoms with E-state index in [2.05, 4.69) is 15.7 Å². The first-order valence-electron chi connectivity index (χ1n) is 7.27. The molecule has 6 heteroatoms. The summed E-state index contributed by atoms with van der Waals surface area (Å²) in [5.74, 6) is -0.450.